The van der Waals surface area contributed by atoms with Crippen LogP contribution in [0.1, 0.15) is 23.3 Å². The fourth-order valence-corrected chi connectivity index (χ4v) is 3.28. The standard InChI is InChI=1S/C22H27N3O3/c1-18-4-2-5-19(16-18)17-24-11-13-25(14-12-24)22(27)9-10-23-21(26)8-7-20-6-3-15-28-20/h2-8,15-16H,9-14,17H2,1H3,(H,23,26)/b8-7+. The van der Waals surface area contributed by atoms with Gasteiger partial charge in [0.2, 0.25) is 11.8 Å². The molecule has 1 aromatic heterocycles. The molecule has 148 valence electrons. The Morgan fingerprint density at radius 3 is 2.68 bits per heavy atom. The van der Waals surface area contributed by atoms with Gasteiger partial charge in [-0.1, -0.05) is 29.8 Å². The molecule has 2 amide bonds. The van der Waals surface area contributed by atoms with E-state index in [1.54, 1.807) is 24.5 Å². The van der Waals surface area contributed by atoms with Crippen LogP contribution in [0.5, 0.6) is 0 Å². The smallest absolute Gasteiger partial charge is 0.244 e. The maximum Gasteiger partial charge on any atom is 0.244 e. The van der Waals surface area contributed by atoms with E-state index in [0.29, 0.717) is 18.7 Å². The number of hydrogen-bond acceptors (Lipinski definition) is 4. The predicted octanol–water partition coefficient (Wildman–Crippen LogP) is 2.45. The molecule has 6 heteroatoms. The first kappa shape index (κ1) is 19.9. The molecule has 1 aromatic carbocycles. The van der Waals surface area contributed by atoms with Crippen molar-refractivity contribution in [3.05, 3.63) is 65.6 Å². The van der Waals surface area contributed by atoms with Crippen molar-refractivity contribution in [2.75, 3.05) is 32.7 Å². The van der Waals surface area contributed by atoms with E-state index in [-0.39, 0.29) is 11.8 Å². The molecule has 2 heterocycles. The lowest BCUT2D eigenvalue weighted by molar-refractivity contribution is -0.132. The minimum absolute atomic E-state index is 0.0884. The molecule has 2 aromatic rings. The van der Waals surface area contributed by atoms with Gasteiger partial charge in [-0.3, -0.25) is 14.5 Å². The third-order valence-electron chi connectivity index (χ3n) is 4.79. The summed E-state index contributed by atoms with van der Waals surface area (Å²) in [6.07, 6.45) is 4.88. The Balaban J connectivity index is 1.34. The predicted molar refractivity (Wildman–Crippen MR) is 108 cm³/mol. The quantitative estimate of drug-likeness (QED) is 0.748. The van der Waals surface area contributed by atoms with Gasteiger partial charge in [0.15, 0.2) is 0 Å². The number of carbonyl (C=O) groups is 2. The molecule has 0 aliphatic carbocycles. The van der Waals surface area contributed by atoms with Crippen molar-refractivity contribution in [2.45, 2.75) is 19.9 Å². The summed E-state index contributed by atoms with van der Waals surface area (Å²) in [6, 6.07) is 12.1. The number of amides is 2. The fourth-order valence-electron chi connectivity index (χ4n) is 3.28. The van der Waals surface area contributed by atoms with Crippen LogP contribution in [0.3, 0.4) is 0 Å². The van der Waals surface area contributed by atoms with Crippen molar-refractivity contribution in [1.82, 2.24) is 15.1 Å². The summed E-state index contributed by atoms with van der Waals surface area (Å²) in [7, 11) is 0. The molecule has 0 atom stereocenters. The maximum atomic E-state index is 12.4. The molecule has 1 aliphatic heterocycles. The number of furan rings is 1. The topological polar surface area (TPSA) is 65.8 Å². The Kier molecular flexibility index (Phi) is 7.03. The van der Waals surface area contributed by atoms with Gasteiger partial charge < -0.3 is 14.6 Å². The van der Waals surface area contributed by atoms with E-state index in [4.69, 9.17) is 4.42 Å². The van der Waals surface area contributed by atoms with Crippen LogP contribution in [0.2, 0.25) is 0 Å². The summed E-state index contributed by atoms with van der Waals surface area (Å²) in [6.45, 7) is 6.57. The number of nitrogens with one attached hydrogen (secondary N) is 1. The molecule has 0 spiro atoms. The van der Waals surface area contributed by atoms with Crippen LogP contribution in [-0.4, -0.2) is 54.3 Å². The third-order valence-corrected chi connectivity index (χ3v) is 4.79. The lowest BCUT2D eigenvalue weighted by Gasteiger charge is -2.34. The lowest BCUT2D eigenvalue weighted by atomic mass is 10.1. The highest BCUT2D eigenvalue weighted by molar-refractivity contribution is 5.91. The van der Waals surface area contributed by atoms with Crippen LogP contribution < -0.4 is 5.32 Å². The van der Waals surface area contributed by atoms with E-state index < -0.39 is 0 Å². The monoisotopic (exact) mass is 381 g/mol. The van der Waals surface area contributed by atoms with Crippen LogP contribution in [0.15, 0.2) is 53.2 Å². The van der Waals surface area contributed by atoms with Crippen molar-refractivity contribution in [1.29, 1.82) is 0 Å². The van der Waals surface area contributed by atoms with Gasteiger partial charge in [0.25, 0.3) is 0 Å². The van der Waals surface area contributed by atoms with E-state index in [0.717, 1.165) is 32.7 Å². The summed E-state index contributed by atoms with van der Waals surface area (Å²) >= 11 is 0. The van der Waals surface area contributed by atoms with Gasteiger partial charge >= 0.3 is 0 Å². The molecular weight excluding hydrogens is 354 g/mol. The Morgan fingerprint density at radius 2 is 1.96 bits per heavy atom. The summed E-state index contributed by atoms with van der Waals surface area (Å²) in [5.41, 5.74) is 2.58. The fraction of sp³-hybridized carbons (Fsp3) is 0.364. The van der Waals surface area contributed by atoms with Gasteiger partial charge in [-0.15, -0.1) is 0 Å². The number of aryl methyl sites for hydroxylation is 1. The third kappa shape index (κ3) is 6.09. The second-order valence-corrected chi connectivity index (χ2v) is 7.04. The summed E-state index contributed by atoms with van der Waals surface area (Å²) in [5.74, 6) is 0.479. The van der Waals surface area contributed by atoms with E-state index in [1.807, 2.05) is 4.90 Å². The van der Waals surface area contributed by atoms with E-state index in [9.17, 15) is 9.59 Å². The van der Waals surface area contributed by atoms with Gasteiger partial charge in [-0.05, 0) is 30.7 Å². The van der Waals surface area contributed by atoms with Gasteiger partial charge in [0, 0.05) is 51.8 Å². The number of rotatable bonds is 7. The SMILES string of the molecule is Cc1cccc(CN2CCN(C(=O)CCNC(=O)/C=C/c3ccco3)CC2)c1. The Labute approximate surface area is 165 Å². The number of nitrogens with zero attached hydrogens (tertiary/aromatic N) is 2. The van der Waals surface area contributed by atoms with E-state index in [1.165, 1.54) is 17.2 Å². The van der Waals surface area contributed by atoms with Crippen LogP contribution in [-0.2, 0) is 16.1 Å². The van der Waals surface area contributed by atoms with Crippen LogP contribution in [0, 0.1) is 6.92 Å². The van der Waals surface area contributed by atoms with E-state index >= 15 is 0 Å². The first-order valence-corrected chi connectivity index (χ1v) is 9.65. The number of carbonyl (C=O) groups excluding carboxylic acids is 2. The molecule has 1 fully saturated rings. The molecule has 1 aliphatic rings. The van der Waals surface area contributed by atoms with Gasteiger partial charge in [-0.2, -0.15) is 0 Å². The normalized spacial score (nSPS) is 15.1. The van der Waals surface area contributed by atoms with Crippen molar-refractivity contribution < 1.29 is 14.0 Å². The summed E-state index contributed by atoms with van der Waals surface area (Å²) < 4.78 is 5.13. The van der Waals surface area contributed by atoms with Crippen LogP contribution >= 0.6 is 0 Å². The zero-order valence-corrected chi connectivity index (χ0v) is 16.3. The van der Waals surface area contributed by atoms with Gasteiger partial charge in [0.1, 0.15) is 5.76 Å². The van der Waals surface area contributed by atoms with E-state index in [2.05, 4.69) is 41.4 Å². The van der Waals surface area contributed by atoms with Crippen LogP contribution in [0.4, 0.5) is 0 Å². The number of benzene rings is 1. The highest BCUT2D eigenvalue weighted by Crippen LogP contribution is 2.11. The Hall–Kier alpha value is -2.86. The van der Waals surface area contributed by atoms with Crippen molar-refractivity contribution >= 4 is 17.9 Å². The second-order valence-electron chi connectivity index (χ2n) is 7.04. The molecule has 0 saturated carbocycles. The summed E-state index contributed by atoms with van der Waals surface area (Å²) in [5, 5.41) is 2.74. The molecule has 0 bridgehead atoms. The first-order valence-electron chi connectivity index (χ1n) is 9.65. The molecule has 3 rings (SSSR count). The zero-order chi connectivity index (χ0) is 19.8. The highest BCUT2D eigenvalue weighted by atomic mass is 16.3. The van der Waals surface area contributed by atoms with Crippen molar-refractivity contribution in [3.63, 3.8) is 0 Å². The first-order chi connectivity index (χ1) is 13.6. The molecule has 1 saturated heterocycles. The van der Waals surface area contributed by atoms with Crippen molar-refractivity contribution in [3.8, 4) is 0 Å². The molecule has 28 heavy (non-hydrogen) atoms. The molecule has 0 unspecified atom stereocenters. The molecule has 1 N–H and O–H groups in total. The highest BCUT2D eigenvalue weighted by Gasteiger charge is 2.20. The molecule has 6 nitrogen and oxygen atoms in total. The molecular formula is C22H27N3O3. The van der Waals surface area contributed by atoms with Gasteiger partial charge in [0.05, 0.1) is 6.26 Å². The maximum absolute atomic E-state index is 12.4. The molecule has 0 radical (unpaired) electrons. The largest absolute Gasteiger partial charge is 0.465 e. The van der Waals surface area contributed by atoms with Gasteiger partial charge in [-0.25, -0.2) is 0 Å². The lowest BCUT2D eigenvalue weighted by Crippen LogP contribution is -2.48. The van der Waals surface area contributed by atoms with Crippen molar-refractivity contribution in [2.24, 2.45) is 0 Å². The van der Waals surface area contributed by atoms with Crippen LogP contribution in [0.25, 0.3) is 6.08 Å². The minimum atomic E-state index is -0.229. The Morgan fingerprint density at radius 1 is 1.14 bits per heavy atom. The zero-order valence-electron chi connectivity index (χ0n) is 16.3. The minimum Gasteiger partial charge on any atom is -0.465 e. The Bertz CT molecular complexity index is 806. The average molecular weight is 381 g/mol. The second kappa shape index (κ2) is 9.90. The number of piperazine rings is 1. The average Bonchev–Trinajstić information content (AvgIpc) is 3.20. The number of hydrogen-bond donors (Lipinski definition) is 1. The summed E-state index contributed by atoms with van der Waals surface area (Å²) in [4.78, 5) is 28.4.